The highest BCUT2D eigenvalue weighted by atomic mass is 79.9. The monoisotopic (exact) mass is 464 g/mol. The first kappa shape index (κ1) is 22.3. The fraction of sp³-hybridized carbons (Fsp3) is 0.963. The van der Waals surface area contributed by atoms with Gasteiger partial charge in [0.15, 0.2) is 5.78 Å². The number of carbonyl (C=O) groups excluding carboxylic acids is 1. The molecule has 0 radical (unpaired) electrons. The Hall–Kier alpha value is 0.150. The SMILES string of the molecule is CC(C)CCC[C@@H](C)[C@H]1CC[C@H]2[C@@H]3CCC4CCC(Br)C(=O)[C@]4(C)[C@H]3CC[C@]12C. The average molecular weight is 466 g/mol. The second-order valence-corrected chi connectivity index (χ2v) is 13.5. The van der Waals surface area contributed by atoms with Crippen molar-refractivity contribution in [1.82, 2.24) is 0 Å². The summed E-state index contributed by atoms with van der Waals surface area (Å²) >= 11 is 3.75. The van der Waals surface area contributed by atoms with Crippen molar-refractivity contribution in [3.05, 3.63) is 0 Å². The lowest BCUT2D eigenvalue weighted by molar-refractivity contribution is -0.155. The lowest BCUT2D eigenvalue weighted by atomic mass is 9.44. The molecule has 4 saturated carbocycles. The van der Waals surface area contributed by atoms with Crippen LogP contribution in [-0.4, -0.2) is 10.6 Å². The van der Waals surface area contributed by atoms with Gasteiger partial charge in [-0.1, -0.05) is 69.8 Å². The Kier molecular flexibility index (Phi) is 6.36. The fourth-order valence-electron chi connectivity index (χ4n) is 9.10. The number of fused-ring (bicyclic) bond motifs is 5. The van der Waals surface area contributed by atoms with Crippen molar-refractivity contribution in [2.45, 2.75) is 110 Å². The number of rotatable bonds is 5. The zero-order valence-corrected chi connectivity index (χ0v) is 21.3. The van der Waals surface area contributed by atoms with Gasteiger partial charge in [0.2, 0.25) is 0 Å². The predicted octanol–water partition coefficient (Wildman–Crippen LogP) is 8.05. The second-order valence-electron chi connectivity index (χ2n) is 12.4. The van der Waals surface area contributed by atoms with Crippen LogP contribution in [0.3, 0.4) is 0 Å². The zero-order chi connectivity index (χ0) is 21.0. The summed E-state index contributed by atoms with van der Waals surface area (Å²) in [4.78, 5) is 13.5. The third-order valence-corrected chi connectivity index (χ3v) is 11.6. The van der Waals surface area contributed by atoms with Gasteiger partial charge in [0, 0.05) is 5.41 Å². The van der Waals surface area contributed by atoms with Gasteiger partial charge in [0.25, 0.3) is 0 Å². The maximum atomic E-state index is 13.4. The predicted molar refractivity (Wildman–Crippen MR) is 126 cm³/mol. The number of alkyl halides is 1. The van der Waals surface area contributed by atoms with Crippen LogP contribution in [0.15, 0.2) is 0 Å². The lowest BCUT2D eigenvalue weighted by Crippen LogP contribution is -2.58. The van der Waals surface area contributed by atoms with Crippen molar-refractivity contribution in [1.29, 1.82) is 0 Å². The van der Waals surface area contributed by atoms with Crippen LogP contribution in [0, 0.1) is 52.3 Å². The summed E-state index contributed by atoms with van der Waals surface area (Å²) in [6.07, 6.45) is 14.8. The van der Waals surface area contributed by atoms with E-state index in [0.717, 1.165) is 36.0 Å². The highest BCUT2D eigenvalue weighted by molar-refractivity contribution is 9.10. The lowest BCUT2D eigenvalue weighted by Gasteiger charge is -2.60. The zero-order valence-electron chi connectivity index (χ0n) is 19.7. The molecule has 0 bridgehead atoms. The van der Waals surface area contributed by atoms with E-state index in [9.17, 15) is 4.79 Å². The van der Waals surface area contributed by atoms with Crippen LogP contribution in [0.1, 0.15) is 105 Å². The minimum Gasteiger partial charge on any atom is -0.298 e. The standard InChI is InChI=1S/C27H45BrO/c1-17(2)7-6-8-18(3)21-12-13-22-20-11-9-19-10-14-24(28)25(29)27(19,5)23(20)15-16-26(21,22)4/h17-24H,6-16H2,1-5H3/t18-,19?,20+,21-,22+,23+,24?,26-,27+/m1/s1. The summed E-state index contributed by atoms with van der Waals surface area (Å²) in [7, 11) is 0. The van der Waals surface area contributed by atoms with Crippen LogP contribution in [0.2, 0.25) is 0 Å². The number of hydrogen-bond acceptors (Lipinski definition) is 1. The maximum Gasteiger partial charge on any atom is 0.152 e. The van der Waals surface area contributed by atoms with Gasteiger partial charge in [-0.25, -0.2) is 0 Å². The highest BCUT2D eigenvalue weighted by Crippen LogP contribution is 2.68. The smallest absolute Gasteiger partial charge is 0.152 e. The van der Waals surface area contributed by atoms with Crippen LogP contribution in [0.25, 0.3) is 0 Å². The maximum absolute atomic E-state index is 13.4. The summed E-state index contributed by atoms with van der Waals surface area (Å²) < 4.78 is 0. The van der Waals surface area contributed by atoms with E-state index in [1.807, 2.05) is 0 Å². The Morgan fingerprint density at radius 2 is 1.66 bits per heavy atom. The number of halogens is 1. The molecule has 0 aromatic heterocycles. The minimum atomic E-state index is -0.0440. The van der Waals surface area contributed by atoms with Gasteiger partial charge in [0.05, 0.1) is 4.83 Å². The van der Waals surface area contributed by atoms with Gasteiger partial charge < -0.3 is 0 Å². The van der Waals surface area contributed by atoms with Gasteiger partial charge >= 0.3 is 0 Å². The molecule has 0 heterocycles. The van der Waals surface area contributed by atoms with E-state index < -0.39 is 0 Å². The summed E-state index contributed by atoms with van der Waals surface area (Å²) in [6, 6.07) is 0. The Balaban J connectivity index is 1.51. The number of hydrogen-bond donors (Lipinski definition) is 0. The van der Waals surface area contributed by atoms with Crippen molar-refractivity contribution in [3.63, 3.8) is 0 Å². The van der Waals surface area contributed by atoms with Gasteiger partial charge in [-0.15, -0.1) is 0 Å². The summed E-state index contributed by atoms with van der Waals surface area (Å²) in [6.45, 7) is 12.3. The molecular weight excluding hydrogens is 420 g/mol. The van der Waals surface area contributed by atoms with Gasteiger partial charge in [-0.2, -0.15) is 0 Å². The number of Topliss-reactive ketones (excluding diaryl/α,β-unsaturated/α-hetero) is 1. The Labute approximate surface area is 188 Å². The van der Waals surface area contributed by atoms with E-state index in [0.29, 0.717) is 23.0 Å². The number of carbonyl (C=O) groups is 1. The third kappa shape index (κ3) is 3.60. The molecule has 29 heavy (non-hydrogen) atoms. The fourth-order valence-corrected chi connectivity index (χ4v) is 9.86. The third-order valence-electron chi connectivity index (χ3n) is 10.7. The summed E-state index contributed by atoms with van der Waals surface area (Å²) in [5, 5.41) is 0. The molecule has 4 rings (SSSR count). The van der Waals surface area contributed by atoms with E-state index in [4.69, 9.17) is 0 Å². The van der Waals surface area contributed by atoms with Crippen molar-refractivity contribution in [2.75, 3.05) is 0 Å². The van der Waals surface area contributed by atoms with Crippen molar-refractivity contribution in [3.8, 4) is 0 Å². The van der Waals surface area contributed by atoms with Crippen molar-refractivity contribution >= 4 is 21.7 Å². The van der Waals surface area contributed by atoms with E-state index >= 15 is 0 Å². The summed E-state index contributed by atoms with van der Waals surface area (Å²) in [5.41, 5.74) is 0.491. The molecule has 1 nitrogen and oxygen atoms in total. The van der Waals surface area contributed by atoms with E-state index in [-0.39, 0.29) is 10.2 Å². The van der Waals surface area contributed by atoms with Crippen molar-refractivity contribution < 1.29 is 4.79 Å². The Morgan fingerprint density at radius 3 is 2.38 bits per heavy atom. The summed E-state index contributed by atoms with van der Waals surface area (Å²) in [5.74, 6) is 6.18. The molecule has 0 N–H and O–H groups in total. The first-order valence-corrected chi connectivity index (χ1v) is 13.8. The Bertz CT molecular complexity index is 614. The molecule has 0 aliphatic heterocycles. The van der Waals surface area contributed by atoms with Crippen LogP contribution in [0.4, 0.5) is 0 Å². The average Bonchev–Trinajstić information content (AvgIpc) is 3.02. The van der Waals surface area contributed by atoms with Gasteiger partial charge in [0.1, 0.15) is 0 Å². The molecule has 4 aliphatic rings. The largest absolute Gasteiger partial charge is 0.298 e. The molecule has 166 valence electrons. The first-order valence-electron chi connectivity index (χ1n) is 12.9. The molecule has 0 amide bonds. The highest BCUT2D eigenvalue weighted by Gasteiger charge is 2.62. The normalized spacial score (nSPS) is 48.2. The second kappa shape index (κ2) is 8.25. The first-order chi connectivity index (χ1) is 13.7. The molecule has 4 aliphatic carbocycles. The number of ketones is 1. The molecule has 0 saturated heterocycles. The molecule has 0 aromatic carbocycles. The quantitative estimate of drug-likeness (QED) is 0.375. The van der Waals surface area contributed by atoms with E-state index in [1.165, 1.54) is 64.2 Å². The van der Waals surface area contributed by atoms with Crippen LogP contribution in [-0.2, 0) is 4.79 Å². The molecule has 9 atom stereocenters. The van der Waals surface area contributed by atoms with Gasteiger partial charge in [-0.3, -0.25) is 4.79 Å². The van der Waals surface area contributed by atoms with Crippen LogP contribution in [0.5, 0.6) is 0 Å². The topological polar surface area (TPSA) is 17.1 Å². The molecule has 4 fully saturated rings. The van der Waals surface area contributed by atoms with Crippen LogP contribution >= 0.6 is 15.9 Å². The van der Waals surface area contributed by atoms with Gasteiger partial charge in [-0.05, 0) is 98.2 Å². The molecule has 0 aromatic rings. The van der Waals surface area contributed by atoms with Crippen molar-refractivity contribution in [2.24, 2.45) is 52.3 Å². The van der Waals surface area contributed by atoms with E-state index in [2.05, 4.69) is 50.5 Å². The molecule has 2 heteroatoms. The minimum absolute atomic E-state index is 0.0440. The molecular formula is C27H45BrO. The van der Waals surface area contributed by atoms with E-state index in [1.54, 1.807) is 0 Å². The van der Waals surface area contributed by atoms with Crippen LogP contribution < -0.4 is 0 Å². The Morgan fingerprint density at radius 1 is 0.931 bits per heavy atom. The molecule has 2 unspecified atom stereocenters. The molecule has 0 spiro atoms.